The van der Waals surface area contributed by atoms with Crippen molar-refractivity contribution in [3.8, 4) is 22.3 Å². The molecule has 1 aromatic heterocycles. The largest absolute Gasteiger partial charge is 0.368 e. The third-order valence-electron chi connectivity index (χ3n) is 8.10. The molecule has 0 fully saturated rings. The molecular formula is C38H28N2S2. The van der Waals surface area contributed by atoms with Gasteiger partial charge in [0.15, 0.2) is 0 Å². The van der Waals surface area contributed by atoms with Crippen molar-refractivity contribution in [1.29, 1.82) is 0 Å². The SMILES string of the molecule is C1=CC(c2cc(-c3ccccc3)cc(-c3ccc(C4Nc5ccccc5S4)cc3)c2)CC=C1c1nc2ccccc2s1. The van der Waals surface area contributed by atoms with Crippen LogP contribution >= 0.6 is 23.1 Å². The first kappa shape index (κ1) is 25.3. The molecule has 202 valence electrons. The quantitative estimate of drug-likeness (QED) is 0.221. The van der Waals surface area contributed by atoms with Crippen LogP contribution in [0.1, 0.15) is 33.8 Å². The van der Waals surface area contributed by atoms with Gasteiger partial charge in [-0.2, -0.15) is 0 Å². The number of benzene rings is 5. The Balaban J connectivity index is 1.09. The summed E-state index contributed by atoms with van der Waals surface area (Å²) in [6.45, 7) is 0. The van der Waals surface area contributed by atoms with Crippen molar-refractivity contribution in [2.75, 3.05) is 5.32 Å². The maximum atomic E-state index is 4.88. The third kappa shape index (κ3) is 4.87. The van der Waals surface area contributed by atoms with Gasteiger partial charge >= 0.3 is 0 Å². The van der Waals surface area contributed by atoms with Gasteiger partial charge in [-0.25, -0.2) is 4.98 Å². The Morgan fingerprint density at radius 1 is 0.667 bits per heavy atom. The van der Waals surface area contributed by atoms with Gasteiger partial charge in [0, 0.05) is 22.1 Å². The lowest BCUT2D eigenvalue weighted by atomic mass is 9.86. The van der Waals surface area contributed by atoms with Gasteiger partial charge < -0.3 is 5.32 Å². The van der Waals surface area contributed by atoms with Crippen molar-refractivity contribution in [2.24, 2.45) is 0 Å². The van der Waals surface area contributed by atoms with Crippen LogP contribution in [0.3, 0.4) is 0 Å². The number of hydrogen-bond acceptors (Lipinski definition) is 4. The average molecular weight is 577 g/mol. The molecule has 0 saturated heterocycles. The molecule has 2 aliphatic rings. The minimum atomic E-state index is 0.242. The Morgan fingerprint density at radius 3 is 2.17 bits per heavy atom. The average Bonchev–Trinajstić information content (AvgIpc) is 3.70. The molecule has 5 aromatic carbocycles. The summed E-state index contributed by atoms with van der Waals surface area (Å²) >= 11 is 3.65. The predicted octanol–water partition coefficient (Wildman–Crippen LogP) is 11.0. The topological polar surface area (TPSA) is 24.9 Å². The molecule has 0 amide bonds. The minimum absolute atomic E-state index is 0.242. The lowest BCUT2D eigenvalue weighted by Gasteiger charge is -2.19. The molecular weight excluding hydrogens is 549 g/mol. The zero-order chi connectivity index (χ0) is 27.9. The molecule has 6 aromatic rings. The maximum Gasteiger partial charge on any atom is 0.124 e. The summed E-state index contributed by atoms with van der Waals surface area (Å²) in [7, 11) is 0. The second-order valence-corrected chi connectivity index (χ2v) is 13.0. The minimum Gasteiger partial charge on any atom is -0.368 e. The van der Waals surface area contributed by atoms with Gasteiger partial charge in [-0.15, -0.1) is 11.3 Å². The molecule has 1 aliphatic carbocycles. The smallest absolute Gasteiger partial charge is 0.124 e. The van der Waals surface area contributed by atoms with Gasteiger partial charge in [0.1, 0.15) is 10.4 Å². The zero-order valence-electron chi connectivity index (χ0n) is 22.9. The highest BCUT2D eigenvalue weighted by Crippen LogP contribution is 2.46. The van der Waals surface area contributed by atoms with E-state index in [1.165, 1.54) is 54.2 Å². The molecule has 0 saturated carbocycles. The van der Waals surface area contributed by atoms with Gasteiger partial charge in [-0.3, -0.25) is 0 Å². The van der Waals surface area contributed by atoms with Crippen LogP contribution in [0.15, 0.2) is 144 Å². The van der Waals surface area contributed by atoms with Gasteiger partial charge in [-0.05, 0) is 70.1 Å². The van der Waals surface area contributed by atoms with E-state index in [1.54, 1.807) is 11.3 Å². The fourth-order valence-electron chi connectivity index (χ4n) is 5.84. The van der Waals surface area contributed by atoms with Crippen LogP contribution in [-0.4, -0.2) is 4.98 Å². The fourth-order valence-corrected chi connectivity index (χ4v) is 7.97. The van der Waals surface area contributed by atoms with Gasteiger partial charge in [0.05, 0.1) is 10.2 Å². The van der Waals surface area contributed by atoms with Crippen LogP contribution in [0.5, 0.6) is 0 Å². The first-order valence-corrected chi connectivity index (χ1v) is 16.0. The summed E-state index contributed by atoms with van der Waals surface area (Å²) in [4.78, 5) is 6.19. The number of aromatic nitrogens is 1. The van der Waals surface area contributed by atoms with E-state index in [4.69, 9.17) is 4.98 Å². The summed E-state index contributed by atoms with van der Waals surface area (Å²) in [5.74, 6) is 0.322. The van der Waals surface area contributed by atoms with E-state index in [-0.39, 0.29) is 5.37 Å². The second kappa shape index (κ2) is 10.8. The number of hydrogen-bond donors (Lipinski definition) is 1. The molecule has 2 heterocycles. The van der Waals surface area contributed by atoms with Crippen molar-refractivity contribution < 1.29 is 0 Å². The van der Waals surface area contributed by atoms with E-state index >= 15 is 0 Å². The molecule has 1 aliphatic heterocycles. The molecule has 2 nitrogen and oxygen atoms in total. The van der Waals surface area contributed by atoms with Crippen LogP contribution in [0.2, 0.25) is 0 Å². The van der Waals surface area contributed by atoms with Crippen LogP contribution in [0.25, 0.3) is 38.0 Å². The first-order chi connectivity index (χ1) is 20.8. The Labute approximate surface area is 254 Å². The molecule has 2 unspecified atom stereocenters. The summed E-state index contributed by atoms with van der Waals surface area (Å²) < 4.78 is 1.24. The van der Waals surface area contributed by atoms with E-state index in [2.05, 4.69) is 145 Å². The third-order valence-corrected chi connectivity index (χ3v) is 10.4. The summed E-state index contributed by atoms with van der Waals surface area (Å²) in [5.41, 5.74) is 11.1. The molecule has 8 rings (SSSR count). The Hall–Kier alpha value is -4.38. The monoisotopic (exact) mass is 576 g/mol. The van der Waals surface area contributed by atoms with Crippen molar-refractivity contribution in [3.05, 3.63) is 156 Å². The highest BCUT2D eigenvalue weighted by atomic mass is 32.2. The Bertz CT molecular complexity index is 1910. The second-order valence-electron chi connectivity index (χ2n) is 10.8. The van der Waals surface area contributed by atoms with Crippen molar-refractivity contribution >= 4 is 44.6 Å². The van der Waals surface area contributed by atoms with Gasteiger partial charge in [0.25, 0.3) is 0 Å². The fraction of sp³-hybridized carbons (Fsp3) is 0.0789. The highest BCUT2D eigenvalue weighted by Gasteiger charge is 2.22. The number of rotatable bonds is 5. The number of nitrogens with one attached hydrogen (secondary N) is 1. The van der Waals surface area contributed by atoms with E-state index in [9.17, 15) is 0 Å². The molecule has 2 atom stereocenters. The Kier molecular flexibility index (Phi) is 6.51. The van der Waals surface area contributed by atoms with Crippen LogP contribution in [0, 0.1) is 0 Å². The number of fused-ring (bicyclic) bond motifs is 2. The lowest BCUT2D eigenvalue weighted by Crippen LogP contribution is -2.01. The van der Waals surface area contributed by atoms with Gasteiger partial charge in [-0.1, -0.05) is 121 Å². The number of nitrogens with zero attached hydrogens (tertiary/aromatic N) is 1. The van der Waals surface area contributed by atoms with Crippen LogP contribution in [0.4, 0.5) is 5.69 Å². The molecule has 0 radical (unpaired) electrons. The van der Waals surface area contributed by atoms with Crippen molar-refractivity contribution in [3.63, 3.8) is 0 Å². The lowest BCUT2D eigenvalue weighted by molar-refractivity contribution is 0.857. The number of thiazole rings is 1. The number of thioether (sulfide) groups is 1. The van der Waals surface area contributed by atoms with E-state index in [0.717, 1.165) is 16.9 Å². The number of para-hydroxylation sites is 2. The van der Waals surface area contributed by atoms with E-state index < -0.39 is 0 Å². The molecule has 0 spiro atoms. The van der Waals surface area contributed by atoms with Crippen LogP contribution < -0.4 is 5.32 Å². The predicted molar refractivity (Wildman–Crippen MR) is 180 cm³/mol. The molecule has 4 heteroatoms. The van der Waals surface area contributed by atoms with Crippen molar-refractivity contribution in [2.45, 2.75) is 22.6 Å². The highest BCUT2D eigenvalue weighted by molar-refractivity contribution is 8.00. The zero-order valence-corrected chi connectivity index (χ0v) is 24.5. The first-order valence-electron chi connectivity index (χ1n) is 14.3. The molecule has 0 bridgehead atoms. The summed E-state index contributed by atoms with van der Waals surface area (Å²) in [6, 6.07) is 43.8. The standard InChI is InChI=1S/C38H28N2S2/c1-2-8-25(9-3-1)30-22-31(26-14-18-28(19-15-26)37-39-33-10-4-6-12-35(33)41-37)24-32(23-30)27-16-20-29(21-17-27)38-40-34-11-5-7-13-36(34)42-38/h1-16,18-24,27,37,39H,17H2. The maximum absolute atomic E-state index is 4.88. The number of allylic oxidation sites excluding steroid dienone is 4. The van der Waals surface area contributed by atoms with Crippen LogP contribution in [-0.2, 0) is 0 Å². The molecule has 1 N–H and O–H groups in total. The van der Waals surface area contributed by atoms with E-state index in [0.29, 0.717) is 5.92 Å². The number of anilines is 1. The van der Waals surface area contributed by atoms with E-state index in [1.807, 2.05) is 11.8 Å². The normalized spacial score (nSPS) is 17.6. The van der Waals surface area contributed by atoms with Gasteiger partial charge in [0.2, 0.25) is 0 Å². The summed E-state index contributed by atoms with van der Waals surface area (Å²) in [5, 5.41) is 5.00. The Morgan fingerprint density at radius 2 is 1.40 bits per heavy atom. The van der Waals surface area contributed by atoms with Crippen molar-refractivity contribution in [1.82, 2.24) is 4.98 Å². The molecule has 42 heavy (non-hydrogen) atoms. The summed E-state index contributed by atoms with van der Waals surface area (Å²) in [6.07, 6.45) is 7.94.